The minimum atomic E-state index is 0.116. The van der Waals surface area contributed by atoms with Gasteiger partial charge in [-0.1, -0.05) is 24.3 Å². The average molecular weight is 359 g/mol. The third kappa shape index (κ3) is 6.53. The van der Waals surface area contributed by atoms with Crippen LogP contribution in [0.15, 0.2) is 53.4 Å². The molecule has 0 saturated carbocycles. The van der Waals surface area contributed by atoms with Crippen LogP contribution in [0.25, 0.3) is 0 Å². The molecule has 0 fully saturated rings. The Morgan fingerprint density at radius 2 is 1.96 bits per heavy atom. The van der Waals surface area contributed by atoms with Crippen LogP contribution in [0.3, 0.4) is 0 Å². The largest absolute Gasteiger partial charge is 0.493 e. The van der Waals surface area contributed by atoms with Crippen molar-refractivity contribution in [2.45, 2.75) is 17.9 Å². The van der Waals surface area contributed by atoms with Crippen LogP contribution in [-0.2, 0) is 6.54 Å². The monoisotopic (exact) mass is 359 g/mol. The van der Waals surface area contributed by atoms with Crippen LogP contribution in [-0.4, -0.2) is 48.9 Å². The Hall–Kier alpha value is -1.82. The Morgan fingerprint density at radius 3 is 2.64 bits per heavy atom. The van der Waals surface area contributed by atoms with Crippen molar-refractivity contribution in [2.75, 3.05) is 33.1 Å². The zero-order valence-electron chi connectivity index (χ0n) is 14.8. The topological polar surface area (TPSA) is 49.8 Å². The van der Waals surface area contributed by atoms with E-state index in [1.54, 1.807) is 11.8 Å². The quantitative estimate of drug-likeness (QED) is 0.400. The fourth-order valence-electron chi connectivity index (χ4n) is 2.47. The number of ketones is 1. The van der Waals surface area contributed by atoms with Gasteiger partial charge in [0.15, 0.2) is 5.78 Å². The third-order valence-corrected chi connectivity index (χ3v) is 4.49. The Bertz CT molecular complexity index is 673. The number of ether oxygens (including phenoxy) is 1. The summed E-state index contributed by atoms with van der Waals surface area (Å²) in [7, 11) is 1.94. The van der Waals surface area contributed by atoms with Gasteiger partial charge in [0.05, 0.1) is 13.2 Å². The van der Waals surface area contributed by atoms with Gasteiger partial charge in [0.1, 0.15) is 5.75 Å². The van der Waals surface area contributed by atoms with Crippen molar-refractivity contribution in [1.82, 2.24) is 4.90 Å². The number of rotatable bonds is 10. The number of hydrogen-bond donors (Lipinski definition) is 1. The summed E-state index contributed by atoms with van der Waals surface area (Å²) in [6.45, 7) is 1.67. The molecule has 4 nitrogen and oxygen atoms in total. The first-order valence-corrected chi connectivity index (χ1v) is 9.53. The SMILES string of the molecule is CSc1ccc(C(=O)CN(C)Cc2cccc(OCCCO)c2)cc1. The maximum Gasteiger partial charge on any atom is 0.176 e. The summed E-state index contributed by atoms with van der Waals surface area (Å²) in [5.41, 5.74) is 1.83. The minimum Gasteiger partial charge on any atom is -0.493 e. The molecule has 2 aromatic carbocycles. The number of thioether (sulfide) groups is 1. The molecule has 0 heterocycles. The predicted molar refractivity (Wildman–Crippen MR) is 103 cm³/mol. The summed E-state index contributed by atoms with van der Waals surface area (Å²) in [6, 6.07) is 15.6. The molecule has 0 amide bonds. The second-order valence-electron chi connectivity index (χ2n) is 5.90. The molecule has 0 aliphatic carbocycles. The van der Waals surface area contributed by atoms with Crippen LogP contribution >= 0.6 is 11.8 Å². The number of benzene rings is 2. The minimum absolute atomic E-state index is 0.116. The molecule has 0 spiro atoms. The molecule has 0 aliphatic heterocycles. The molecule has 5 heteroatoms. The lowest BCUT2D eigenvalue weighted by Gasteiger charge is -2.16. The zero-order valence-corrected chi connectivity index (χ0v) is 15.6. The molecule has 1 N–H and O–H groups in total. The summed E-state index contributed by atoms with van der Waals surface area (Å²) in [5, 5.41) is 8.81. The number of Topliss-reactive ketones (excluding diaryl/α,β-unsaturated/α-hetero) is 1. The van der Waals surface area contributed by atoms with Crippen LogP contribution < -0.4 is 4.74 Å². The first-order chi connectivity index (χ1) is 12.1. The van der Waals surface area contributed by atoms with E-state index in [0.29, 0.717) is 26.1 Å². The van der Waals surface area contributed by atoms with Crippen molar-refractivity contribution in [3.8, 4) is 5.75 Å². The molecule has 25 heavy (non-hydrogen) atoms. The molecule has 0 radical (unpaired) electrons. The highest BCUT2D eigenvalue weighted by Gasteiger charge is 2.10. The molecular formula is C20H25NO3S. The maximum absolute atomic E-state index is 12.4. The standard InChI is InChI=1S/C20H25NO3S/c1-21(15-20(23)17-7-9-19(25-2)10-8-17)14-16-5-3-6-18(13-16)24-12-4-11-22/h3,5-10,13,22H,4,11-12,14-15H2,1-2H3. The van der Waals surface area contributed by atoms with Gasteiger partial charge in [-0.3, -0.25) is 9.69 Å². The van der Waals surface area contributed by atoms with Crippen molar-refractivity contribution in [2.24, 2.45) is 0 Å². The van der Waals surface area contributed by atoms with E-state index in [1.807, 2.05) is 66.7 Å². The van der Waals surface area contributed by atoms with E-state index in [9.17, 15) is 4.79 Å². The van der Waals surface area contributed by atoms with Gasteiger partial charge in [0, 0.05) is 30.0 Å². The van der Waals surface area contributed by atoms with E-state index >= 15 is 0 Å². The highest BCUT2D eigenvalue weighted by atomic mass is 32.2. The molecular weight excluding hydrogens is 334 g/mol. The summed E-state index contributed by atoms with van der Waals surface area (Å²) < 4.78 is 5.59. The van der Waals surface area contributed by atoms with Crippen LogP contribution in [0.4, 0.5) is 0 Å². The van der Waals surface area contributed by atoms with Gasteiger partial charge in [-0.2, -0.15) is 0 Å². The van der Waals surface area contributed by atoms with Crippen molar-refractivity contribution in [3.63, 3.8) is 0 Å². The Balaban J connectivity index is 1.89. The van der Waals surface area contributed by atoms with Crippen LogP contribution in [0.1, 0.15) is 22.3 Å². The highest BCUT2D eigenvalue weighted by molar-refractivity contribution is 7.98. The molecule has 0 saturated heterocycles. The number of aliphatic hydroxyl groups excluding tert-OH is 1. The number of aliphatic hydroxyl groups is 1. The van der Waals surface area contributed by atoms with E-state index in [-0.39, 0.29) is 12.4 Å². The molecule has 2 aromatic rings. The lowest BCUT2D eigenvalue weighted by molar-refractivity contribution is 0.0943. The normalized spacial score (nSPS) is 10.9. The molecule has 0 unspecified atom stereocenters. The van der Waals surface area contributed by atoms with Crippen LogP contribution in [0.2, 0.25) is 0 Å². The van der Waals surface area contributed by atoms with Gasteiger partial charge >= 0.3 is 0 Å². The smallest absolute Gasteiger partial charge is 0.176 e. The molecule has 0 aromatic heterocycles. The summed E-state index contributed by atoms with van der Waals surface area (Å²) in [5.74, 6) is 0.906. The molecule has 134 valence electrons. The number of carbonyl (C=O) groups excluding carboxylic acids is 1. The zero-order chi connectivity index (χ0) is 18.1. The van der Waals surface area contributed by atoms with Gasteiger partial charge in [0.2, 0.25) is 0 Å². The van der Waals surface area contributed by atoms with Crippen LogP contribution in [0.5, 0.6) is 5.75 Å². The van der Waals surface area contributed by atoms with Gasteiger partial charge in [0.25, 0.3) is 0 Å². The summed E-state index contributed by atoms with van der Waals surface area (Å²) in [4.78, 5) is 15.5. The van der Waals surface area contributed by atoms with Crippen molar-refractivity contribution >= 4 is 17.5 Å². The second-order valence-corrected chi connectivity index (χ2v) is 6.78. The van der Waals surface area contributed by atoms with E-state index in [1.165, 1.54) is 0 Å². The molecule has 2 rings (SSSR count). The Kier molecular flexibility index (Phi) is 7.98. The average Bonchev–Trinajstić information content (AvgIpc) is 2.62. The Labute approximate surface area is 153 Å². The van der Waals surface area contributed by atoms with Gasteiger partial charge in [-0.15, -0.1) is 11.8 Å². The molecule has 0 bridgehead atoms. The van der Waals surface area contributed by atoms with E-state index in [2.05, 4.69) is 0 Å². The number of nitrogens with zero attached hydrogens (tertiary/aromatic N) is 1. The second kappa shape index (κ2) is 10.2. The van der Waals surface area contributed by atoms with Gasteiger partial charge in [-0.05, 0) is 43.1 Å². The fourth-order valence-corrected chi connectivity index (χ4v) is 2.88. The lowest BCUT2D eigenvalue weighted by Crippen LogP contribution is -2.25. The van der Waals surface area contributed by atoms with Gasteiger partial charge in [-0.25, -0.2) is 0 Å². The Morgan fingerprint density at radius 1 is 1.20 bits per heavy atom. The highest BCUT2D eigenvalue weighted by Crippen LogP contribution is 2.17. The third-order valence-electron chi connectivity index (χ3n) is 3.75. The summed E-state index contributed by atoms with van der Waals surface area (Å²) in [6.07, 6.45) is 2.64. The first kappa shape index (κ1) is 19.5. The van der Waals surface area contributed by atoms with E-state index in [4.69, 9.17) is 9.84 Å². The number of hydrogen-bond acceptors (Lipinski definition) is 5. The predicted octanol–water partition coefficient (Wildman–Crippen LogP) is 3.48. The molecule has 0 atom stereocenters. The number of likely N-dealkylation sites (N-methyl/N-ethyl adjacent to an activating group) is 1. The van der Waals surface area contributed by atoms with Crippen molar-refractivity contribution in [1.29, 1.82) is 0 Å². The number of carbonyl (C=O) groups is 1. The van der Waals surface area contributed by atoms with Crippen molar-refractivity contribution in [3.05, 3.63) is 59.7 Å². The first-order valence-electron chi connectivity index (χ1n) is 8.31. The van der Waals surface area contributed by atoms with E-state index in [0.717, 1.165) is 21.8 Å². The lowest BCUT2D eigenvalue weighted by atomic mass is 10.1. The van der Waals surface area contributed by atoms with Crippen LogP contribution in [0, 0.1) is 0 Å². The maximum atomic E-state index is 12.4. The van der Waals surface area contributed by atoms with Gasteiger partial charge < -0.3 is 9.84 Å². The molecule has 0 aliphatic rings. The van der Waals surface area contributed by atoms with E-state index < -0.39 is 0 Å². The fraction of sp³-hybridized carbons (Fsp3) is 0.350. The summed E-state index contributed by atoms with van der Waals surface area (Å²) >= 11 is 1.67. The van der Waals surface area contributed by atoms with Crippen molar-refractivity contribution < 1.29 is 14.6 Å².